The Morgan fingerprint density at radius 2 is 2.22 bits per heavy atom. The van der Waals surface area contributed by atoms with Crippen LogP contribution in [-0.4, -0.2) is 38.9 Å². The Morgan fingerprint density at radius 3 is 2.78 bits per heavy atom. The number of hydrogen-bond donors (Lipinski definition) is 2. The lowest BCUT2D eigenvalue weighted by Crippen LogP contribution is -2.38. The van der Waals surface area contributed by atoms with Crippen molar-refractivity contribution in [1.29, 1.82) is 0 Å². The molecule has 1 heterocycles. The molecule has 0 aromatic carbocycles. The minimum absolute atomic E-state index is 0.409. The number of aromatic nitrogens is 2. The fraction of sp³-hybridized carbons (Fsp3) is 0.583. The molecule has 1 saturated carbocycles. The second kappa shape index (κ2) is 6.15. The SMILES string of the molecule is Cc1cnc(SCCC(NC2CC2)C(=O)O)nc1. The minimum Gasteiger partial charge on any atom is -0.480 e. The topological polar surface area (TPSA) is 75.1 Å². The molecule has 98 valence electrons. The van der Waals surface area contributed by atoms with Gasteiger partial charge in [0.1, 0.15) is 6.04 Å². The monoisotopic (exact) mass is 267 g/mol. The maximum absolute atomic E-state index is 11.0. The predicted molar refractivity (Wildman–Crippen MR) is 69.7 cm³/mol. The lowest BCUT2D eigenvalue weighted by Gasteiger charge is -2.12. The largest absolute Gasteiger partial charge is 0.480 e. The minimum atomic E-state index is -0.771. The number of aryl methyl sites for hydroxylation is 1. The first kappa shape index (κ1) is 13.3. The molecule has 0 spiro atoms. The molecule has 18 heavy (non-hydrogen) atoms. The van der Waals surface area contributed by atoms with Crippen molar-refractivity contribution in [2.45, 2.75) is 43.4 Å². The highest BCUT2D eigenvalue weighted by molar-refractivity contribution is 7.99. The summed E-state index contributed by atoms with van der Waals surface area (Å²) in [6.07, 6.45) is 6.32. The zero-order valence-electron chi connectivity index (χ0n) is 10.3. The van der Waals surface area contributed by atoms with Crippen LogP contribution >= 0.6 is 11.8 Å². The van der Waals surface area contributed by atoms with Gasteiger partial charge in [-0.1, -0.05) is 11.8 Å². The summed E-state index contributed by atoms with van der Waals surface area (Å²) in [5, 5.41) is 12.9. The van der Waals surface area contributed by atoms with Crippen LogP contribution in [0.4, 0.5) is 0 Å². The smallest absolute Gasteiger partial charge is 0.320 e. The summed E-state index contributed by atoms with van der Waals surface area (Å²) in [6.45, 7) is 1.94. The van der Waals surface area contributed by atoms with Gasteiger partial charge in [0.05, 0.1) is 0 Å². The quantitative estimate of drug-likeness (QED) is 0.575. The maximum atomic E-state index is 11.0. The Kier molecular flexibility index (Phi) is 4.54. The van der Waals surface area contributed by atoms with Crippen molar-refractivity contribution < 1.29 is 9.90 Å². The normalized spacial score (nSPS) is 16.5. The second-order valence-corrected chi connectivity index (χ2v) is 5.57. The number of hydrogen-bond acceptors (Lipinski definition) is 5. The molecule has 1 atom stereocenters. The van der Waals surface area contributed by atoms with E-state index < -0.39 is 12.0 Å². The van der Waals surface area contributed by atoms with Gasteiger partial charge in [0, 0.05) is 24.2 Å². The van der Waals surface area contributed by atoms with E-state index >= 15 is 0 Å². The zero-order chi connectivity index (χ0) is 13.0. The first-order chi connectivity index (χ1) is 8.65. The number of nitrogens with one attached hydrogen (secondary N) is 1. The molecule has 0 radical (unpaired) electrons. The Morgan fingerprint density at radius 1 is 1.56 bits per heavy atom. The van der Waals surface area contributed by atoms with E-state index in [1.165, 1.54) is 11.8 Å². The Hall–Kier alpha value is -1.14. The molecule has 5 nitrogen and oxygen atoms in total. The third kappa shape index (κ3) is 4.27. The van der Waals surface area contributed by atoms with Gasteiger partial charge in [-0.05, 0) is 31.7 Å². The van der Waals surface area contributed by atoms with Crippen LogP contribution < -0.4 is 5.32 Å². The van der Waals surface area contributed by atoms with E-state index in [4.69, 9.17) is 5.11 Å². The number of aliphatic carboxylic acids is 1. The van der Waals surface area contributed by atoms with Crippen molar-refractivity contribution in [3.05, 3.63) is 18.0 Å². The summed E-state index contributed by atoms with van der Waals surface area (Å²) in [7, 11) is 0. The lowest BCUT2D eigenvalue weighted by atomic mass is 10.2. The molecule has 6 heteroatoms. The van der Waals surface area contributed by atoms with Crippen LogP contribution in [0.3, 0.4) is 0 Å². The first-order valence-corrected chi connectivity index (χ1v) is 7.04. The molecule has 0 bridgehead atoms. The van der Waals surface area contributed by atoms with Crippen LogP contribution in [0.5, 0.6) is 0 Å². The number of carboxylic acid groups (broad SMARTS) is 1. The predicted octanol–water partition coefficient (Wildman–Crippen LogP) is 1.47. The molecule has 1 unspecified atom stereocenters. The van der Waals surface area contributed by atoms with Gasteiger partial charge in [0.2, 0.25) is 0 Å². The van der Waals surface area contributed by atoms with Crippen molar-refractivity contribution in [3.8, 4) is 0 Å². The fourth-order valence-electron chi connectivity index (χ4n) is 1.54. The molecule has 2 N–H and O–H groups in total. The average molecular weight is 267 g/mol. The number of rotatable bonds is 7. The van der Waals surface area contributed by atoms with Crippen molar-refractivity contribution in [1.82, 2.24) is 15.3 Å². The number of thioether (sulfide) groups is 1. The van der Waals surface area contributed by atoms with Crippen molar-refractivity contribution >= 4 is 17.7 Å². The summed E-state index contributed by atoms with van der Waals surface area (Å²) in [4.78, 5) is 19.4. The van der Waals surface area contributed by atoms with E-state index in [1.54, 1.807) is 12.4 Å². The van der Waals surface area contributed by atoms with E-state index in [-0.39, 0.29) is 0 Å². The maximum Gasteiger partial charge on any atom is 0.320 e. The molecular weight excluding hydrogens is 250 g/mol. The second-order valence-electron chi connectivity index (χ2n) is 4.51. The zero-order valence-corrected chi connectivity index (χ0v) is 11.1. The highest BCUT2D eigenvalue weighted by Crippen LogP contribution is 2.21. The van der Waals surface area contributed by atoms with Gasteiger partial charge in [0.15, 0.2) is 5.16 Å². The molecule has 0 saturated heterocycles. The van der Waals surface area contributed by atoms with E-state index in [2.05, 4.69) is 15.3 Å². The van der Waals surface area contributed by atoms with Crippen LogP contribution in [0.1, 0.15) is 24.8 Å². The van der Waals surface area contributed by atoms with Gasteiger partial charge in [-0.3, -0.25) is 4.79 Å². The van der Waals surface area contributed by atoms with E-state index in [9.17, 15) is 4.79 Å². The summed E-state index contributed by atoms with van der Waals surface area (Å²) >= 11 is 1.50. The van der Waals surface area contributed by atoms with E-state index in [0.717, 1.165) is 18.4 Å². The Balaban J connectivity index is 1.75. The van der Waals surface area contributed by atoms with Crippen molar-refractivity contribution in [2.24, 2.45) is 0 Å². The molecule has 0 amide bonds. The molecule has 1 aliphatic rings. The van der Waals surface area contributed by atoms with Gasteiger partial charge in [0.25, 0.3) is 0 Å². The van der Waals surface area contributed by atoms with E-state index in [0.29, 0.717) is 23.4 Å². The van der Waals surface area contributed by atoms with Gasteiger partial charge < -0.3 is 10.4 Å². The summed E-state index contributed by atoms with van der Waals surface area (Å²) in [6, 6.07) is -0.0397. The van der Waals surface area contributed by atoms with Crippen LogP contribution in [0, 0.1) is 6.92 Å². The summed E-state index contributed by atoms with van der Waals surface area (Å²) < 4.78 is 0. The van der Waals surface area contributed by atoms with Crippen LogP contribution in [0.2, 0.25) is 0 Å². The van der Waals surface area contributed by atoms with Crippen LogP contribution in [0.15, 0.2) is 17.6 Å². The number of carbonyl (C=O) groups is 1. The van der Waals surface area contributed by atoms with Gasteiger partial charge in [-0.25, -0.2) is 9.97 Å². The lowest BCUT2D eigenvalue weighted by molar-refractivity contribution is -0.139. The van der Waals surface area contributed by atoms with Gasteiger partial charge in [-0.2, -0.15) is 0 Å². The molecule has 1 aromatic rings. The summed E-state index contributed by atoms with van der Waals surface area (Å²) in [5.74, 6) is -0.0629. The van der Waals surface area contributed by atoms with Gasteiger partial charge in [-0.15, -0.1) is 0 Å². The molecule has 1 aromatic heterocycles. The standard InChI is InChI=1S/C12H17N3O2S/c1-8-6-13-12(14-7-8)18-5-4-10(11(16)17)15-9-2-3-9/h6-7,9-10,15H,2-5H2,1H3,(H,16,17). The average Bonchev–Trinajstić information content (AvgIpc) is 3.14. The fourth-order valence-corrected chi connectivity index (χ4v) is 2.33. The molecule has 1 aliphatic carbocycles. The Bertz CT molecular complexity index is 406. The third-order valence-electron chi connectivity index (χ3n) is 2.71. The molecule has 0 aliphatic heterocycles. The number of carboxylic acids is 1. The third-order valence-corrected chi connectivity index (χ3v) is 3.62. The van der Waals surface area contributed by atoms with Crippen LogP contribution in [0.25, 0.3) is 0 Å². The van der Waals surface area contributed by atoms with Crippen LogP contribution in [-0.2, 0) is 4.79 Å². The van der Waals surface area contributed by atoms with Crippen molar-refractivity contribution in [3.63, 3.8) is 0 Å². The van der Waals surface area contributed by atoms with Gasteiger partial charge >= 0.3 is 5.97 Å². The summed E-state index contributed by atoms with van der Waals surface area (Å²) in [5.41, 5.74) is 1.03. The first-order valence-electron chi connectivity index (χ1n) is 6.05. The molecule has 1 fully saturated rings. The molecular formula is C12H17N3O2S. The highest BCUT2D eigenvalue weighted by atomic mass is 32.2. The highest BCUT2D eigenvalue weighted by Gasteiger charge is 2.27. The van der Waals surface area contributed by atoms with Crippen molar-refractivity contribution in [2.75, 3.05) is 5.75 Å². The Labute approximate surface area is 110 Å². The van der Waals surface area contributed by atoms with E-state index in [1.807, 2.05) is 6.92 Å². The molecule has 2 rings (SSSR count). The number of nitrogens with zero attached hydrogens (tertiary/aromatic N) is 2.